The van der Waals surface area contributed by atoms with Gasteiger partial charge in [-0.05, 0) is 79.6 Å². The zero-order chi connectivity index (χ0) is 33.4. The quantitative estimate of drug-likeness (QED) is 0.137. The Kier molecular flexibility index (Phi) is 11.3. The molecule has 0 unspecified atom stereocenters. The average Bonchev–Trinajstić information content (AvgIpc) is 3.55. The van der Waals surface area contributed by atoms with Crippen LogP contribution in [-0.4, -0.2) is 53.2 Å². The maximum absolute atomic E-state index is 13.8. The lowest BCUT2D eigenvalue weighted by molar-refractivity contribution is -0.142. The summed E-state index contributed by atoms with van der Waals surface area (Å²) in [6.07, 6.45) is -1.66. The molecule has 0 saturated carbocycles. The van der Waals surface area contributed by atoms with E-state index < -0.39 is 29.3 Å². The van der Waals surface area contributed by atoms with Crippen LogP contribution in [0.15, 0.2) is 103 Å². The molecular formula is C38H40ClF3N2O3. The van der Waals surface area contributed by atoms with Crippen LogP contribution in [-0.2, 0) is 29.5 Å². The number of benzene rings is 4. The molecule has 0 aromatic heterocycles. The molecule has 0 spiro atoms. The summed E-state index contributed by atoms with van der Waals surface area (Å²) in [4.78, 5) is 15.8. The van der Waals surface area contributed by atoms with Crippen LogP contribution < -0.4 is 4.74 Å². The normalized spacial score (nSPS) is 15.7. The molecule has 9 heteroatoms. The van der Waals surface area contributed by atoms with Gasteiger partial charge in [-0.1, -0.05) is 96.5 Å². The highest BCUT2D eigenvalue weighted by molar-refractivity contribution is 6.32. The van der Waals surface area contributed by atoms with E-state index in [1.807, 2.05) is 89.8 Å². The molecule has 1 aliphatic rings. The lowest BCUT2D eigenvalue weighted by Crippen LogP contribution is -2.45. The number of likely N-dealkylation sites (tertiary alicyclic amines) is 1. The largest absolute Gasteiger partial charge is 0.494 e. The molecule has 0 bridgehead atoms. The van der Waals surface area contributed by atoms with Crippen molar-refractivity contribution in [1.29, 1.82) is 0 Å². The number of hydrogen-bond acceptors (Lipinski definition) is 4. The molecule has 4 aromatic rings. The summed E-state index contributed by atoms with van der Waals surface area (Å²) >= 11 is 6.42. The second kappa shape index (κ2) is 15.4. The number of rotatable bonds is 14. The van der Waals surface area contributed by atoms with Crippen LogP contribution in [0.3, 0.4) is 0 Å². The first kappa shape index (κ1) is 34.5. The van der Waals surface area contributed by atoms with Crippen LogP contribution >= 0.6 is 11.6 Å². The molecule has 5 nitrogen and oxygen atoms in total. The van der Waals surface area contributed by atoms with Crippen molar-refractivity contribution >= 4 is 17.6 Å². The maximum atomic E-state index is 13.8. The smallest absolute Gasteiger partial charge is 0.417 e. The van der Waals surface area contributed by atoms with Crippen molar-refractivity contribution in [2.24, 2.45) is 0 Å². The van der Waals surface area contributed by atoms with E-state index in [0.717, 1.165) is 47.9 Å². The van der Waals surface area contributed by atoms with E-state index in [0.29, 0.717) is 38.1 Å². The van der Waals surface area contributed by atoms with Crippen LogP contribution in [0.4, 0.5) is 13.2 Å². The number of carboxylic acid groups (broad SMARTS) is 1. The van der Waals surface area contributed by atoms with E-state index in [-0.39, 0.29) is 11.6 Å². The van der Waals surface area contributed by atoms with Gasteiger partial charge < -0.3 is 9.84 Å². The number of hydrogen-bond donors (Lipinski definition) is 1. The summed E-state index contributed by atoms with van der Waals surface area (Å²) in [7, 11) is 0. The van der Waals surface area contributed by atoms with Gasteiger partial charge in [0.2, 0.25) is 0 Å². The Hall–Kier alpha value is -3.85. The molecule has 0 amide bonds. The minimum atomic E-state index is -4.56. The zero-order valence-electron chi connectivity index (χ0n) is 26.4. The van der Waals surface area contributed by atoms with E-state index in [1.54, 1.807) is 6.07 Å². The Labute approximate surface area is 279 Å². The number of carbonyl (C=O) groups is 1. The predicted octanol–water partition coefficient (Wildman–Crippen LogP) is 8.69. The molecule has 1 atom stereocenters. The first-order valence-corrected chi connectivity index (χ1v) is 16.3. The van der Waals surface area contributed by atoms with Crippen LogP contribution in [0, 0.1) is 0 Å². The lowest BCUT2D eigenvalue weighted by Gasteiger charge is -2.43. The van der Waals surface area contributed by atoms with E-state index in [4.69, 9.17) is 16.3 Å². The monoisotopic (exact) mass is 664 g/mol. The van der Waals surface area contributed by atoms with Gasteiger partial charge >= 0.3 is 12.1 Å². The minimum absolute atomic E-state index is 0.187. The van der Waals surface area contributed by atoms with Gasteiger partial charge in [0.05, 0.1) is 22.7 Å². The van der Waals surface area contributed by atoms with Crippen molar-refractivity contribution < 1.29 is 27.8 Å². The highest BCUT2D eigenvalue weighted by atomic mass is 35.5. The van der Waals surface area contributed by atoms with E-state index >= 15 is 0 Å². The van der Waals surface area contributed by atoms with Gasteiger partial charge in [-0.15, -0.1) is 0 Å². The molecule has 1 fully saturated rings. The topological polar surface area (TPSA) is 53.0 Å². The Bertz CT molecular complexity index is 1580. The summed E-state index contributed by atoms with van der Waals surface area (Å²) in [6, 6.07) is 31.4. The van der Waals surface area contributed by atoms with Crippen LogP contribution in [0.1, 0.15) is 54.0 Å². The fourth-order valence-electron chi connectivity index (χ4n) is 6.53. The third-order valence-corrected chi connectivity index (χ3v) is 9.57. The van der Waals surface area contributed by atoms with Gasteiger partial charge in [-0.2, -0.15) is 13.2 Å². The first-order valence-electron chi connectivity index (χ1n) is 16.0. The number of nitrogens with zero attached hydrogens (tertiary/aromatic N) is 2. The van der Waals surface area contributed by atoms with E-state index in [9.17, 15) is 23.1 Å². The fourth-order valence-corrected chi connectivity index (χ4v) is 6.82. The van der Waals surface area contributed by atoms with Crippen molar-refractivity contribution in [2.75, 3.05) is 26.2 Å². The summed E-state index contributed by atoms with van der Waals surface area (Å²) in [5.41, 5.74) is 1.95. The van der Waals surface area contributed by atoms with Gasteiger partial charge in [0.25, 0.3) is 0 Å². The molecule has 1 saturated heterocycles. The number of carboxylic acids is 1. The number of alkyl halides is 3. The van der Waals surface area contributed by atoms with Gasteiger partial charge in [0.15, 0.2) is 0 Å². The molecule has 47 heavy (non-hydrogen) atoms. The Morgan fingerprint density at radius 1 is 0.957 bits per heavy atom. The van der Waals surface area contributed by atoms with Gasteiger partial charge in [0.1, 0.15) is 11.8 Å². The highest BCUT2D eigenvalue weighted by Gasteiger charge is 2.38. The molecule has 1 aliphatic heterocycles. The second-order valence-corrected chi connectivity index (χ2v) is 12.5. The number of ether oxygens (including phenoxy) is 1. The van der Waals surface area contributed by atoms with Crippen LogP contribution in [0.25, 0.3) is 0 Å². The molecule has 5 rings (SSSR count). The van der Waals surface area contributed by atoms with Crippen LogP contribution in [0.2, 0.25) is 5.02 Å². The molecule has 4 aromatic carbocycles. The van der Waals surface area contributed by atoms with Crippen molar-refractivity contribution in [1.82, 2.24) is 9.80 Å². The first-order chi connectivity index (χ1) is 22.6. The summed E-state index contributed by atoms with van der Waals surface area (Å²) < 4.78 is 47.6. The van der Waals surface area contributed by atoms with Crippen molar-refractivity contribution in [2.45, 2.75) is 56.9 Å². The number of halogens is 4. The van der Waals surface area contributed by atoms with E-state index in [1.165, 1.54) is 6.07 Å². The SMILES string of the molecule is CC(c1ccccc1)(c1ccccc1)N(CCCOc1cccc(CCN2CCC[C@H]2C(=O)O)c1)Cc1cccc(C(F)(F)F)c1Cl. The van der Waals surface area contributed by atoms with Crippen molar-refractivity contribution in [3.8, 4) is 5.75 Å². The molecule has 1 heterocycles. The average molecular weight is 665 g/mol. The Balaban J connectivity index is 1.34. The summed E-state index contributed by atoms with van der Waals surface area (Å²) in [5.74, 6) is -0.0420. The van der Waals surface area contributed by atoms with Crippen molar-refractivity contribution in [3.63, 3.8) is 0 Å². The third-order valence-electron chi connectivity index (χ3n) is 9.13. The summed E-state index contributed by atoms with van der Waals surface area (Å²) in [6.45, 7) is 4.65. The highest BCUT2D eigenvalue weighted by Crippen LogP contribution is 2.40. The molecule has 1 N–H and O–H groups in total. The summed E-state index contributed by atoms with van der Waals surface area (Å²) in [5, 5.41) is 9.20. The Morgan fingerprint density at radius 2 is 1.62 bits per heavy atom. The standard InChI is InChI=1S/C38H40ClF3N2O3/c1-37(30-14-4-2-5-15-30,31-16-6-3-7-17-31)44(27-29-13-9-19-33(35(29)39)38(40,41)42)23-11-25-47-32-18-8-12-28(26-32)21-24-43-22-10-20-34(43)36(45)46/h2-9,12-19,26,34H,10-11,20-25,27H2,1H3,(H,45,46)/t34-/m0/s1. The fraction of sp³-hybridized carbons (Fsp3) is 0.342. The molecule has 0 radical (unpaired) electrons. The molecular weight excluding hydrogens is 625 g/mol. The second-order valence-electron chi connectivity index (χ2n) is 12.1. The third kappa shape index (κ3) is 8.36. The maximum Gasteiger partial charge on any atom is 0.417 e. The van der Waals surface area contributed by atoms with Gasteiger partial charge in [0, 0.05) is 19.6 Å². The lowest BCUT2D eigenvalue weighted by atomic mass is 9.82. The van der Waals surface area contributed by atoms with Crippen LogP contribution in [0.5, 0.6) is 5.75 Å². The van der Waals surface area contributed by atoms with Crippen molar-refractivity contribution in [3.05, 3.63) is 136 Å². The van der Waals surface area contributed by atoms with Gasteiger partial charge in [-0.25, -0.2) is 0 Å². The molecule has 248 valence electrons. The predicted molar refractivity (Wildman–Crippen MR) is 179 cm³/mol. The number of aliphatic carboxylic acids is 1. The molecule has 0 aliphatic carbocycles. The Morgan fingerprint density at radius 3 is 2.26 bits per heavy atom. The minimum Gasteiger partial charge on any atom is -0.494 e. The zero-order valence-corrected chi connectivity index (χ0v) is 27.2. The van der Waals surface area contributed by atoms with E-state index in [2.05, 4.69) is 11.8 Å². The van der Waals surface area contributed by atoms with Gasteiger partial charge in [-0.3, -0.25) is 14.6 Å².